The number of hydrogen-bond acceptors (Lipinski definition) is 3. The monoisotopic (exact) mass is 230 g/mol. The topological polar surface area (TPSA) is 70.1 Å². The minimum absolute atomic E-state index is 0.0826. The number of nitro benzene ring substituents is 1. The van der Waals surface area contributed by atoms with Gasteiger partial charge >= 0.3 is 0 Å². The van der Waals surface area contributed by atoms with E-state index in [0.29, 0.717) is 6.42 Å². The van der Waals surface area contributed by atoms with Crippen LogP contribution in [0, 0.1) is 15.3 Å². The van der Waals surface area contributed by atoms with Crippen molar-refractivity contribution in [1.82, 2.24) is 0 Å². The Hall–Kier alpha value is -2.43. The van der Waals surface area contributed by atoms with E-state index in [0.717, 1.165) is 15.9 Å². The van der Waals surface area contributed by atoms with Crippen molar-refractivity contribution in [3.8, 4) is 0 Å². The summed E-state index contributed by atoms with van der Waals surface area (Å²) >= 11 is 0. The summed E-state index contributed by atoms with van der Waals surface area (Å²) in [6.07, 6.45) is 3.51. The molecule has 0 amide bonds. The van der Waals surface area contributed by atoms with Crippen LogP contribution in [0.5, 0.6) is 0 Å². The lowest BCUT2D eigenvalue weighted by atomic mass is 10.1. The Morgan fingerprint density at radius 1 is 1.00 bits per heavy atom. The third-order valence-electron chi connectivity index (χ3n) is 2.43. The van der Waals surface area contributed by atoms with E-state index in [9.17, 15) is 15.3 Å². The summed E-state index contributed by atoms with van der Waals surface area (Å²) < 4.78 is 0.722. The first kappa shape index (κ1) is 11.1. The van der Waals surface area contributed by atoms with E-state index in [1.807, 2.05) is 0 Å². The van der Waals surface area contributed by atoms with Crippen LogP contribution >= 0.6 is 0 Å². The quantitative estimate of drug-likeness (QED) is 0.349. The standard InChI is InChI=1S/C12H10N2O3/c15-13-7-5-11(6-8-13)9-10-1-3-12(4-2-10)14(16)17/h1-8H,9H2. The molecule has 2 aromatic rings. The van der Waals surface area contributed by atoms with Crippen LogP contribution in [0.25, 0.3) is 0 Å². The zero-order valence-electron chi connectivity index (χ0n) is 8.95. The van der Waals surface area contributed by atoms with Gasteiger partial charge in [0.25, 0.3) is 5.69 Å². The fraction of sp³-hybridized carbons (Fsp3) is 0.0833. The molecule has 0 fully saturated rings. The Morgan fingerprint density at radius 2 is 1.53 bits per heavy atom. The van der Waals surface area contributed by atoms with E-state index in [1.54, 1.807) is 24.3 Å². The molecule has 0 aliphatic heterocycles. The van der Waals surface area contributed by atoms with Crippen molar-refractivity contribution in [3.63, 3.8) is 0 Å². The summed E-state index contributed by atoms with van der Waals surface area (Å²) in [5.74, 6) is 0. The van der Waals surface area contributed by atoms with E-state index in [1.165, 1.54) is 24.5 Å². The highest BCUT2D eigenvalue weighted by molar-refractivity contribution is 5.34. The normalized spacial score (nSPS) is 10.1. The van der Waals surface area contributed by atoms with E-state index in [4.69, 9.17) is 0 Å². The Balaban J connectivity index is 2.13. The lowest BCUT2D eigenvalue weighted by molar-refractivity contribution is -0.605. The lowest BCUT2D eigenvalue weighted by Crippen LogP contribution is -2.23. The second kappa shape index (κ2) is 4.61. The lowest BCUT2D eigenvalue weighted by Gasteiger charge is -2.01. The fourth-order valence-electron chi connectivity index (χ4n) is 1.53. The van der Waals surface area contributed by atoms with Crippen LogP contribution in [-0.4, -0.2) is 4.92 Å². The molecule has 2 rings (SSSR count). The number of hydrogen-bond donors (Lipinski definition) is 0. The summed E-state index contributed by atoms with van der Waals surface area (Å²) in [7, 11) is 0. The SMILES string of the molecule is O=[N+]([O-])c1ccc(Cc2cc[n+]([O-])cc2)cc1. The highest BCUT2D eigenvalue weighted by Gasteiger charge is 2.04. The molecule has 0 aliphatic rings. The molecule has 17 heavy (non-hydrogen) atoms. The summed E-state index contributed by atoms with van der Waals surface area (Å²) in [6.45, 7) is 0. The molecular weight excluding hydrogens is 220 g/mol. The van der Waals surface area contributed by atoms with Gasteiger partial charge in [0.15, 0.2) is 12.4 Å². The molecule has 1 aromatic carbocycles. The van der Waals surface area contributed by atoms with Gasteiger partial charge in [0.2, 0.25) is 0 Å². The van der Waals surface area contributed by atoms with Crippen molar-refractivity contribution in [1.29, 1.82) is 0 Å². The molecule has 0 saturated carbocycles. The van der Waals surface area contributed by atoms with Crippen molar-refractivity contribution in [2.45, 2.75) is 6.42 Å². The van der Waals surface area contributed by atoms with Crippen molar-refractivity contribution >= 4 is 5.69 Å². The fourth-order valence-corrected chi connectivity index (χ4v) is 1.53. The molecule has 0 atom stereocenters. The number of aromatic nitrogens is 1. The summed E-state index contributed by atoms with van der Waals surface area (Å²) in [4.78, 5) is 10.1. The van der Waals surface area contributed by atoms with Gasteiger partial charge in [-0.1, -0.05) is 12.1 Å². The highest BCUT2D eigenvalue weighted by Crippen LogP contribution is 2.14. The largest absolute Gasteiger partial charge is 0.619 e. The molecule has 0 bridgehead atoms. The van der Waals surface area contributed by atoms with Gasteiger partial charge in [-0.05, 0) is 17.5 Å². The number of non-ortho nitro benzene ring substituents is 1. The zero-order valence-corrected chi connectivity index (χ0v) is 8.95. The van der Waals surface area contributed by atoms with Crippen molar-refractivity contribution in [2.75, 3.05) is 0 Å². The number of rotatable bonds is 3. The minimum atomic E-state index is -0.424. The van der Waals surface area contributed by atoms with Crippen LogP contribution < -0.4 is 4.73 Å². The molecule has 5 nitrogen and oxygen atoms in total. The first-order valence-electron chi connectivity index (χ1n) is 5.06. The third-order valence-corrected chi connectivity index (χ3v) is 2.43. The predicted octanol–water partition coefficient (Wildman–Crippen LogP) is 1.82. The van der Waals surface area contributed by atoms with Gasteiger partial charge < -0.3 is 5.21 Å². The van der Waals surface area contributed by atoms with Crippen LogP contribution in [0.2, 0.25) is 0 Å². The van der Waals surface area contributed by atoms with Crippen LogP contribution in [0.15, 0.2) is 48.8 Å². The predicted molar refractivity (Wildman–Crippen MR) is 61.3 cm³/mol. The van der Waals surface area contributed by atoms with Crippen LogP contribution in [0.3, 0.4) is 0 Å². The van der Waals surface area contributed by atoms with Gasteiger partial charge in [0.1, 0.15) is 0 Å². The van der Waals surface area contributed by atoms with Crippen LogP contribution in [-0.2, 0) is 6.42 Å². The average Bonchev–Trinajstić information content (AvgIpc) is 2.33. The first-order valence-corrected chi connectivity index (χ1v) is 5.06. The maximum Gasteiger partial charge on any atom is 0.269 e. The molecule has 0 spiro atoms. The molecule has 0 unspecified atom stereocenters. The minimum Gasteiger partial charge on any atom is -0.619 e. The van der Waals surface area contributed by atoms with Crippen LogP contribution in [0.1, 0.15) is 11.1 Å². The van der Waals surface area contributed by atoms with Crippen molar-refractivity contribution in [3.05, 3.63) is 75.2 Å². The molecular formula is C12H10N2O3. The maximum atomic E-state index is 10.8. The smallest absolute Gasteiger partial charge is 0.269 e. The molecule has 0 radical (unpaired) electrons. The van der Waals surface area contributed by atoms with Gasteiger partial charge in [-0.25, -0.2) is 0 Å². The second-order valence-electron chi connectivity index (χ2n) is 3.67. The Morgan fingerprint density at radius 3 is 2.06 bits per heavy atom. The summed E-state index contributed by atoms with van der Waals surface area (Å²) in [5.41, 5.74) is 2.05. The highest BCUT2D eigenvalue weighted by atomic mass is 16.6. The van der Waals surface area contributed by atoms with E-state index < -0.39 is 4.92 Å². The second-order valence-corrected chi connectivity index (χ2v) is 3.67. The van der Waals surface area contributed by atoms with E-state index in [-0.39, 0.29) is 5.69 Å². The first-order chi connectivity index (χ1) is 8.15. The Kier molecular flexibility index (Phi) is 3.00. The Labute approximate surface area is 97.7 Å². The molecule has 1 heterocycles. The van der Waals surface area contributed by atoms with E-state index >= 15 is 0 Å². The van der Waals surface area contributed by atoms with Crippen LogP contribution in [0.4, 0.5) is 5.69 Å². The molecule has 0 saturated heterocycles. The Bertz CT molecular complexity index is 520. The molecule has 1 aromatic heterocycles. The summed E-state index contributed by atoms with van der Waals surface area (Å²) in [6, 6.07) is 9.85. The van der Waals surface area contributed by atoms with Crippen molar-refractivity contribution in [2.24, 2.45) is 0 Å². The van der Waals surface area contributed by atoms with Gasteiger partial charge in [-0.3, -0.25) is 10.1 Å². The van der Waals surface area contributed by atoms with E-state index in [2.05, 4.69) is 0 Å². The molecule has 86 valence electrons. The summed E-state index contributed by atoms with van der Waals surface area (Å²) in [5, 5.41) is 21.3. The van der Waals surface area contributed by atoms with Gasteiger partial charge in [0.05, 0.1) is 4.92 Å². The molecule has 0 aliphatic carbocycles. The maximum absolute atomic E-state index is 10.8. The third kappa shape index (κ3) is 2.78. The molecule has 5 heteroatoms. The van der Waals surface area contributed by atoms with Gasteiger partial charge in [-0.15, -0.1) is 0 Å². The zero-order chi connectivity index (χ0) is 12.3. The number of benzene rings is 1. The number of pyridine rings is 1. The molecule has 0 N–H and O–H groups in total. The number of nitrogens with zero attached hydrogens (tertiary/aromatic N) is 2. The van der Waals surface area contributed by atoms with Crippen molar-refractivity contribution < 1.29 is 9.65 Å². The van der Waals surface area contributed by atoms with Gasteiger partial charge in [0, 0.05) is 24.3 Å². The van der Waals surface area contributed by atoms with Gasteiger partial charge in [-0.2, -0.15) is 4.73 Å². The average molecular weight is 230 g/mol. The number of nitro groups is 1.